The highest BCUT2D eigenvalue weighted by atomic mass is 35.5. The number of ether oxygens (including phenoxy) is 1. The zero-order valence-electron chi connectivity index (χ0n) is 24.9. The molecule has 2 N–H and O–H groups in total. The van der Waals surface area contributed by atoms with Crippen LogP contribution in [0.15, 0.2) is 53.6 Å². The van der Waals surface area contributed by atoms with Gasteiger partial charge in [0.25, 0.3) is 0 Å². The van der Waals surface area contributed by atoms with E-state index in [1.54, 1.807) is 60.0 Å². The minimum absolute atomic E-state index is 0.0149. The Morgan fingerprint density at radius 1 is 1.02 bits per heavy atom. The molecule has 14 heteroatoms. The lowest BCUT2D eigenvalue weighted by Gasteiger charge is -2.28. The Morgan fingerprint density at radius 3 is 2.50 bits per heavy atom. The predicted octanol–water partition coefficient (Wildman–Crippen LogP) is 5.06. The molecule has 2 aromatic carbocycles. The molecule has 12 nitrogen and oxygen atoms in total. The fourth-order valence-electron chi connectivity index (χ4n) is 5.16. The fraction of sp³-hybridized carbons (Fsp3) is 0.400. The summed E-state index contributed by atoms with van der Waals surface area (Å²) in [4.78, 5) is 39.8. The quantitative estimate of drug-likeness (QED) is 0.311. The Kier molecular flexibility index (Phi) is 9.45. The lowest BCUT2D eigenvalue weighted by molar-refractivity contribution is -0.132. The van der Waals surface area contributed by atoms with Crippen LogP contribution in [-0.2, 0) is 14.6 Å². The lowest BCUT2D eigenvalue weighted by atomic mass is 10.1. The van der Waals surface area contributed by atoms with Crippen LogP contribution in [0.25, 0.3) is 0 Å². The van der Waals surface area contributed by atoms with Gasteiger partial charge in [-0.1, -0.05) is 23.7 Å². The van der Waals surface area contributed by atoms with E-state index >= 15 is 0 Å². The number of urea groups is 1. The van der Waals surface area contributed by atoms with E-state index in [-0.39, 0.29) is 40.2 Å². The van der Waals surface area contributed by atoms with Crippen molar-refractivity contribution in [3.8, 4) is 5.75 Å². The van der Waals surface area contributed by atoms with Crippen LogP contribution in [0.2, 0.25) is 5.02 Å². The van der Waals surface area contributed by atoms with Crippen LogP contribution in [-0.4, -0.2) is 85.2 Å². The maximum absolute atomic E-state index is 13.2. The molecular formula is C30H36ClN7O5S. The van der Waals surface area contributed by atoms with Crippen molar-refractivity contribution in [2.75, 3.05) is 55.4 Å². The maximum Gasteiger partial charge on any atom is 0.325 e. The molecule has 2 aliphatic rings. The molecule has 0 bridgehead atoms. The van der Waals surface area contributed by atoms with E-state index in [1.807, 2.05) is 4.90 Å². The van der Waals surface area contributed by atoms with E-state index in [2.05, 4.69) is 20.6 Å². The number of hydrogen-bond donors (Lipinski definition) is 2. The molecule has 44 heavy (non-hydrogen) atoms. The van der Waals surface area contributed by atoms with Crippen LogP contribution in [0.5, 0.6) is 5.75 Å². The van der Waals surface area contributed by atoms with Gasteiger partial charge in [-0.05, 0) is 57.4 Å². The number of methoxy groups -OCH3 is 1. The highest BCUT2D eigenvalue weighted by Crippen LogP contribution is 2.34. The number of benzene rings is 2. The normalized spacial score (nSPS) is 15.6. The number of piperidine rings is 1. The highest BCUT2D eigenvalue weighted by Gasteiger charge is 2.32. The molecule has 0 saturated carbocycles. The molecule has 0 atom stereocenters. The molecule has 3 amide bonds. The lowest BCUT2D eigenvalue weighted by Crippen LogP contribution is -2.44. The third kappa shape index (κ3) is 6.68. The molecule has 0 unspecified atom stereocenters. The summed E-state index contributed by atoms with van der Waals surface area (Å²) < 4.78 is 31.4. The molecule has 3 aromatic rings. The third-order valence-electron chi connectivity index (χ3n) is 7.68. The Labute approximate surface area is 262 Å². The van der Waals surface area contributed by atoms with E-state index < -0.39 is 15.1 Å². The Bertz CT molecular complexity index is 1650. The Morgan fingerprint density at radius 2 is 1.77 bits per heavy atom. The van der Waals surface area contributed by atoms with E-state index in [1.165, 1.54) is 19.4 Å². The Hall–Kier alpha value is -4.10. The standard InChI is InChI=1S/C30H36ClN7O5S/c1-20(2)44(41,42)26-10-6-5-9-24(26)33-28-22(31)18-32-29(35-28)34-23-12-11-21(17-25(23)43-3)38-16-15-37(30(38)40)19-27(39)36-13-7-4-8-14-36/h5-6,9-12,17-18,20H,4,7-8,13-16,19H2,1-3H3,(H2,32,33,34,35). The number of halogens is 1. The number of carbonyl (C=O) groups is 2. The van der Waals surface area contributed by atoms with Crippen LogP contribution in [0.1, 0.15) is 33.1 Å². The van der Waals surface area contributed by atoms with Crippen molar-refractivity contribution in [3.05, 3.63) is 53.7 Å². The first-order valence-electron chi connectivity index (χ1n) is 14.5. The van der Waals surface area contributed by atoms with Gasteiger partial charge in [0.15, 0.2) is 15.7 Å². The summed E-state index contributed by atoms with van der Waals surface area (Å²) in [6, 6.07) is 11.6. The number of rotatable bonds is 10. The van der Waals surface area contributed by atoms with Crippen molar-refractivity contribution < 1.29 is 22.7 Å². The van der Waals surface area contributed by atoms with Gasteiger partial charge < -0.3 is 25.2 Å². The number of aromatic nitrogens is 2. The van der Waals surface area contributed by atoms with Crippen molar-refractivity contribution in [1.82, 2.24) is 19.8 Å². The zero-order valence-corrected chi connectivity index (χ0v) is 26.5. The van der Waals surface area contributed by atoms with Crippen LogP contribution in [0, 0.1) is 0 Å². The van der Waals surface area contributed by atoms with Crippen molar-refractivity contribution >= 4 is 62.2 Å². The van der Waals surface area contributed by atoms with Crippen LogP contribution in [0.4, 0.5) is 33.6 Å². The monoisotopic (exact) mass is 641 g/mol. The number of sulfone groups is 1. The number of anilines is 5. The van der Waals surface area contributed by atoms with Crippen LogP contribution >= 0.6 is 11.6 Å². The van der Waals surface area contributed by atoms with Gasteiger partial charge in [-0.3, -0.25) is 9.69 Å². The number of nitrogens with zero attached hydrogens (tertiary/aromatic N) is 5. The van der Waals surface area contributed by atoms with Crippen molar-refractivity contribution in [2.24, 2.45) is 0 Å². The maximum atomic E-state index is 13.2. The second-order valence-corrected chi connectivity index (χ2v) is 13.8. The van der Waals surface area contributed by atoms with Crippen LogP contribution < -0.4 is 20.3 Å². The van der Waals surface area contributed by atoms with E-state index in [0.29, 0.717) is 35.9 Å². The van der Waals surface area contributed by atoms with Gasteiger partial charge in [0.2, 0.25) is 11.9 Å². The number of carbonyl (C=O) groups excluding carboxylic acids is 2. The summed E-state index contributed by atoms with van der Waals surface area (Å²) in [5.74, 6) is 0.832. The predicted molar refractivity (Wildman–Crippen MR) is 170 cm³/mol. The fourth-order valence-corrected chi connectivity index (χ4v) is 6.50. The molecule has 0 radical (unpaired) electrons. The van der Waals surface area contributed by atoms with E-state index in [4.69, 9.17) is 16.3 Å². The molecule has 2 fully saturated rings. The van der Waals surface area contributed by atoms with Gasteiger partial charge >= 0.3 is 6.03 Å². The average molecular weight is 642 g/mol. The minimum Gasteiger partial charge on any atom is -0.494 e. The largest absolute Gasteiger partial charge is 0.494 e. The number of likely N-dealkylation sites (tertiary alicyclic amines) is 1. The van der Waals surface area contributed by atoms with Gasteiger partial charge in [-0.2, -0.15) is 4.98 Å². The summed E-state index contributed by atoms with van der Waals surface area (Å²) in [5.41, 5.74) is 1.51. The number of amides is 3. The van der Waals surface area contributed by atoms with Crippen molar-refractivity contribution in [1.29, 1.82) is 0 Å². The van der Waals surface area contributed by atoms with Crippen molar-refractivity contribution in [2.45, 2.75) is 43.3 Å². The molecule has 0 aliphatic carbocycles. The van der Waals surface area contributed by atoms with Crippen molar-refractivity contribution in [3.63, 3.8) is 0 Å². The first-order valence-corrected chi connectivity index (χ1v) is 16.4. The molecule has 3 heterocycles. The smallest absolute Gasteiger partial charge is 0.325 e. The van der Waals surface area contributed by atoms with Gasteiger partial charge in [-0.25, -0.2) is 18.2 Å². The Balaban J connectivity index is 1.31. The minimum atomic E-state index is -3.57. The summed E-state index contributed by atoms with van der Waals surface area (Å²) in [5, 5.41) is 5.74. The van der Waals surface area contributed by atoms with Gasteiger partial charge in [0.05, 0.1) is 34.8 Å². The molecule has 0 spiro atoms. The van der Waals surface area contributed by atoms with Gasteiger partial charge in [0, 0.05) is 37.9 Å². The summed E-state index contributed by atoms with van der Waals surface area (Å²) in [7, 11) is -2.05. The number of nitrogens with one attached hydrogen (secondary N) is 2. The third-order valence-corrected chi connectivity index (χ3v) is 10.2. The number of hydrogen-bond acceptors (Lipinski definition) is 9. The first-order chi connectivity index (χ1) is 21.1. The second-order valence-electron chi connectivity index (χ2n) is 10.9. The molecule has 2 aliphatic heterocycles. The second kappa shape index (κ2) is 13.3. The zero-order chi connectivity index (χ0) is 31.4. The van der Waals surface area contributed by atoms with Gasteiger partial charge in [-0.15, -0.1) is 0 Å². The number of para-hydroxylation sites is 1. The highest BCUT2D eigenvalue weighted by molar-refractivity contribution is 7.92. The summed E-state index contributed by atoms with van der Waals surface area (Å²) in [6.45, 7) is 5.72. The van der Waals surface area contributed by atoms with Crippen LogP contribution in [0.3, 0.4) is 0 Å². The summed E-state index contributed by atoms with van der Waals surface area (Å²) in [6.07, 6.45) is 4.54. The van der Waals surface area contributed by atoms with Gasteiger partial charge in [0.1, 0.15) is 17.3 Å². The molecule has 234 valence electrons. The molecule has 2 saturated heterocycles. The molecular weight excluding hydrogens is 606 g/mol. The topological polar surface area (TPSA) is 137 Å². The van der Waals surface area contributed by atoms with E-state index in [0.717, 1.165) is 32.4 Å². The molecule has 1 aromatic heterocycles. The average Bonchev–Trinajstić information content (AvgIpc) is 3.38. The SMILES string of the molecule is COc1cc(N2CCN(CC(=O)N3CCCCC3)C2=O)ccc1Nc1ncc(Cl)c(Nc2ccccc2S(=O)(=O)C(C)C)n1. The first kappa shape index (κ1) is 31.3. The van der Waals surface area contributed by atoms with E-state index in [9.17, 15) is 18.0 Å². The molecule has 5 rings (SSSR count). The summed E-state index contributed by atoms with van der Waals surface area (Å²) >= 11 is 6.38.